The van der Waals surface area contributed by atoms with Gasteiger partial charge in [-0.05, 0) is 53.0 Å². The molecule has 0 aliphatic carbocycles. The van der Waals surface area contributed by atoms with Gasteiger partial charge in [0.15, 0.2) is 0 Å². The van der Waals surface area contributed by atoms with Gasteiger partial charge in [0.05, 0.1) is 5.02 Å². The monoisotopic (exact) mass is 302 g/mol. The Morgan fingerprint density at radius 2 is 2.31 bits per heavy atom. The van der Waals surface area contributed by atoms with Crippen LogP contribution >= 0.6 is 27.5 Å². The minimum atomic E-state index is 0.550. The Balaban J connectivity index is 2.05. The molecule has 1 saturated heterocycles. The molecule has 0 amide bonds. The van der Waals surface area contributed by atoms with Gasteiger partial charge in [-0.15, -0.1) is 0 Å². The van der Waals surface area contributed by atoms with Crippen molar-refractivity contribution < 1.29 is 0 Å². The fraction of sp³-hybridized carbons (Fsp3) is 0.500. The van der Waals surface area contributed by atoms with Crippen LogP contribution in [-0.4, -0.2) is 24.0 Å². The number of hydrogen-bond acceptors (Lipinski definition) is 2. The molecule has 0 aromatic heterocycles. The van der Waals surface area contributed by atoms with Crippen molar-refractivity contribution in [3.8, 4) is 0 Å². The summed E-state index contributed by atoms with van der Waals surface area (Å²) in [6.07, 6.45) is 2.49. The Hall–Kier alpha value is -0.0900. The summed E-state index contributed by atoms with van der Waals surface area (Å²) >= 11 is 9.43. The SMILES string of the molecule is NCC1CCCN1Cc1ccc(Cl)c(Br)c1. The highest BCUT2D eigenvalue weighted by Gasteiger charge is 2.22. The lowest BCUT2D eigenvalue weighted by molar-refractivity contribution is 0.250. The van der Waals surface area contributed by atoms with E-state index in [-0.39, 0.29) is 0 Å². The van der Waals surface area contributed by atoms with Crippen LogP contribution in [0.4, 0.5) is 0 Å². The van der Waals surface area contributed by atoms with Crippen LogP contribution in [0.15, 0.2) is 22.7 Å². The molecule has 1 atom stereocenters. The summed E-state index contributed by atoms with van der Waals surface area (Å²) in [6, 6.07) is 6.66. The second-order valence-electron chi connectivity index (χ2n) is 4.25. The zero-order valence-corrected chi connectivity index (χ0v) is 11.5. The average Bonchev–Trinajstić information content (AvgIpc) is 2.71. The molecular formula is C12H16BrClN2. The van der Waals surface area contributed by atoms with Gasteiger partial charge in [0.1, 0.15) is 0 Å². The lowest BCUT2D eigenvalue weighted by atomic mass is 10.2. The van der Waals surface area contributed by atoms with Gasteiger partial charge in [0, 0.05) is 23.6 Å². The van der Waals surface area contributed by atoms with E-state index in [0.29, 0.717) is 6.04 Å². The van der Waals surface area contributed by atoms with Crippen LogP contribution in [0.5, 0.6) is 0 Å². The van der Waals surface area contributed by atoms with Gasteiger partial charge < -0.3 is 5.73 Å². The summed E-state index contributed by atoms with van der Waals surface area (Å²) in [5, 5.41) is 0.764. The fourth-order valence-corrected chi connectivity index (χ4v) is 2.79. The quantitative estimate of drug-likeness (QED) is 0.930. The summed E-state index contributed by atoms with van der Waals surface area (Å²) in [4.78, 5) is 2.45. The zero-order valence-electron chi connectivity index (χ0n) is 9.13. The molecule has 1 aromatic rings. The lowest BCUT2D eigenvalue weighted by Gasteiger charge is -2.23. The molecule has 1 aliphatic heterocycles. The fourth-order valence-electron chi connectivity index (χ4n) is 2.24. The normalized spacial score (nSPS) is 21.6. The van der Waals surface area contributed by atoms with E-state index >= 15 is 0 Å². The molecule has 2 N–H and O–H groups in total. The molecular weight excluding hydrogens is 288 g/mol. The van der Waals surface area contributed by atoms with E-state index in [0.717, 1.165) is 29.1 Å². The molecule has 2 rings (SSSR count). The van der Waals surface area contributed by atoms with Crippen LogP contribution < -0.4 is 5.73 Å². The van der Waals surface area contributed by atoms with Gasteiger partial charge >= 0.3 is 0 Å². The smallest absolute Gasteiger partial charge is 0.0548 e. The van der Waals surface area contributed by atoms with Crippen LogP contribution in [0, 0.1) is 0 Å². The minimum absolute atomic E-state index is 0.550. The van der Waals surface area contributed by atoms with Crippen LogP contribution in [0.2, 0.25) is 5.02 Å². The Labute approximate surface area is 110 Å². The summed E-state index contributed by atoms with van der Waals surface area (Å²) in [5.74, 6) is 0. The maximum absolute atomic E-state index is 5.97. The number of rotatable bonds is 3. The van der Waals surface area contributed by atoms with Crippen molar-refractivity contribution in [2.24, 2.45) is 5.73 Å². The summed E-state index contributed by atoms with van der Waals surface area (Å²) in [7, 11) is 0. The molecule has 16 heavy (non-hydrogen) atoms. The Kier molecular flexibility index (Phi) is 4.25. The van der Waals surface area contributed by atoms with E-state index in [2.05, 4.69) is 33.0 Å². The topological polar surface area (TPSA) is 29.3 Å². The van der Waals surface area contributed by atoms with E-state index in [1.165, 1.54) is 18.4 Å². The van der Waals surface area contributed by atoms with Gasteiger partial charge in [-0.25, -0.2) is 0 Å². The van der Waals surface area contributed by atoms with Gasteiger partial charge in [0.2, 0.25) is 0 Å². The third-order valence-electron chi connectivity index (χ3n) is 3.14. The molecule has 0 radical (unpaired) electrons. The molecule has 0 bridgehead atoms. The molecule has 1 heterocycles. The first kappa shape index (κ1) is 12.4. The highest BCUT2D eigenvalue weighted by Crippen LogP contribution is 2.25. The van der Waals surface area contributed by atoms with E-state index in [1.54, 1.807) is 0 Å². The molecule has 4 heteroatoms. The van der Waals surface area contributed by atoms with E-state index in [1.807, 2.05) is 6.07 Å². The number of hydrogen-bond donors (Lipinski definition) is 1. The van der Waals surface area contributed by atoms with Crippen molar-refractivity contribution in [3.05, 3.63) is 33.3 Å². The van der Waals surface area contributed by atoms with Gasteiger partial charge in [-0.3, -0.25) is 4.90 Å². The van der Waals surface area contributed by atoms with E-state index in [4.69, 9.17) is 17.3 Å². The standard InChI is InChI=1S/C12H16BrClN2/c13-11-6-9(3-4-12(11)14)8-16-5-1-2-10(16)7-15/h3-4,6,10H,1-2,5,7-8,15H2. The predicted octanol–water partition coefficient (Wildman–Crippen LogP) is 3.03. The maximum Gasteiger partial charge on any atom is 0.0548 e. The van der Waals surface area contributed by atoms with Gasteiger partial charge in [-0.2, -0.15) is 0 Å². The highest BCUT2D eigenvalue weighted by molar-refractivity contribution is 9.10. The molecule has 0 saturated carbocycles. The van der Waals surface area contributed by atoms with E-state index < -0.39 is 0 Å². The molecule has 1 aromatic carbocycles. The number of likely N-dealkylation sites (tertiary alicyclic amines) is 1. The number of halogens is 2. The van der Waals surface area contributed by atoms with Crippen molar-refractivity contribution in [3.63, 3.8) is 0 Å². The molecule has 1 fully saturated rings. The molecule has 88 valence electrons. The Morgan fingerprint density at radius 3 is 3.00 bits per heavy atom. The summed E-state index contributed by atoms with van der Waals surface area (Å²) in [6.45, 7) is 2.88. The van der Waals surface area contributed by atoms with Crippen molar-refractivity contribution in [1.29, 1.82) is 0 Å². The van der Waals surface area contributed by atoms with E-state index in [9.17, 15) is 0 Å². The first-order chi connectivity index (χ1) is 7.70. The maximum atomic E-state index is 5.97. The van der Waals surface area contributed by atoms with Crippen LogP contribution in [0.25, 0.3) is 0 Å². The molecule has 2 nitrogen and oxygen atoms in total. The summed E-state index contributed by atoms with van der Waals surface area (Å²) < 4.78 is 0.968. The summed E-state index contributed by atoms with van der Waals surface area (Å²) in [5.41, 5.74) is 7.05. The zero-order chi connectivity index (χ0) is 11.5. The van der Waals surface area contributed by atoms with Crippen molar-refractivity contribution in [1.82, 2.24) is 4.90 Å². The third kappa shape index (κ3) is 2.77. The van der Waals surface area contributed by atoms with Crippen molar-refractivity contribution in [2.75, 3.05) is 13.1 Å². The first-order valence-corrected chi connectivity index (χ1v) is 6.76. The molecule has 1 aliphatic rings. The number of nitrogens with two attached hydrogens (primary N) is 1. The first-order valence-electron chi connectivity index (χ1n) is 5.58. The lowest BCUT2D eigenvalue weighted by Crippen LogP contribution is -2.34. The highest BCUT2D eigenvalue weighted by atomic mass is 79.9. The average molecular weight is 304 g/mol. The third-order valence-corrected chi connectivity index (χ3v) is 4.35. The number of nitrogens with zero attached hydrogens (tertiary/aromatic N) is 1. The van der Waals surface area contributed by atoms with Crippen molar-refractivity contribution >= 4 is 27.5 Å². The van der Waals surface area contributed by atoms with Gasteiger partial charge in [-0.1, -0.05) is 17.7 Å². The predicted molar refractivity (Wildman–Crippen MR) is 71.6 cm³/mol. The largest absolute Gasteiger partial charge is 0.329 e. The Morgan fingerprint density at radius 1 is 1.50 bits per heavy atom. The minimum Gasteiger partial charge on any atom is -0.329 e. The Bertz CT molecular complexity index is 370. The van der Waals surface area contributed by atoms with Crippen LogP contribution in [0.1, 0.15) is 18.4 Å². The van der Waals surface area contributed by atoms with Crippen LogP contribution in [0.3, 0.4) is 0 Å². The van der Waals surface area contributed by atoms with Gasteiger partial charge in [0.25, 0.3) is 0 Å². The molecule has 0 spiro atoms. The number of benzene rings is 1. The van der Waals surface area contributed by atoms with Crippen LogP contribution in [-0.2, 0) is 6.54 Å². The second kappa shape index (κ2) is 5.50. The van der Waals surface area contributed by atoms with Crippen molar-refractivity contribution in [2.45, 2.75) is 25.4 Å². The second-order valence-corrected chi connectivity index (χ2v) is 5.51. The molecule has 1 unspecified atom stereocenters.